The van der Waals surface area contributed by atoms with E-state index in [1.54, 1.807) is 0 Å². The molecule has 1 aliphatic rings. The number of aliphatic hydroxyl groups is 4. The average molecular weight is 286 g/mol. The Bertz CT molecular complexity index is 408. The van der Waals surface area contributed by atoms with Crippen LogP contribution in [0.1, 0.15) is 5.56 Å². The fraction of sp³-hybridized carbons (Fsp3) is 0.538. The largest absolute Gasteiger partial charge is 0.394 e. The van der Waals surface area contributed by atoms with E-state index < -0.39 is 36.5 Å². The molecule has 4 N–H and O–H groups in total. The molecular formula is C13H18O5S. The minimum absolute atomic E-state index is 0.407. The zero-order valence-electron chi connectivity index (χ0n) is 10.5. The van der Waals surface area contributed by atoms with Crippen LogP contribution in [-0.4, -0.2) is 56.9 Å². The van der Waals surface area contributed by atoms with E-state index in [4.69, 9.17) is 9.84 Å². The predicted molar refractivity (Wildman–Crippen MR) is 70.8 cm³/mol. The molecule has 0 amide bonds. The van der Waals surface area contributed by atoms with E-state index in [0.29, 0.717) is 0 Å². The van der Waals surface area contributed by atoms with Gasteiger partial charge in [-0.2, -0.15) is 0 Å². The van der Waals surface area contributed by atoms with E-state index in [1.807, 2.05) is 31.2 Å². The molecule has 1 fully saturated rings. The van der Waals surface area contributed by atoms with Gasteiger partial charge < -0.3 is 25.2 Å². The summed E-state index contributed by atoms with van der Waals surface area (Å²) in [4.78, 5) is 0.884. The van der Waals surface area contributed by atoms with Gasteiger partial charge in [-0.15, -0.1) is 0 Å². The summed E-state index contributed by atoms with van der Waals surface area (Å²) in [6.07, 6.45) is -4.70. The lowest BCUT2D eigenvalue weighted by molar-refractivity contribution is -0.205. The van der Waals surface area contributed by atoms with E-state index in [2.05, 4.69) is 0 Å². The van der Waals surface area contributed by atoms with Crippen molar-refractivity contribution in [2.45, 2.75) is 41.7 Å². The highest BCUT2D eigenvalue weighted by Crippen LogP contribution is 2.33. The Balaban J connectivity index is 2.08. The van der Waals surface area contributed by atoms with Gasteiger partial charge in [-0.1, -0.05) is 29.5 Å². The zero-order chi connectivity index (χ0) is 14.0. The van der Waals surface area contributed by atoms with Gasteiger partial charge in [-0.05, 0) is 19.1 Å². The topological polar surface area (TPSA) is 90.2 Å². The molecule has 5 nitrogen and oxygen atoms in total. The van der Waals surface area contributed by atoms with Crippen molar-refractivity contribution in [3.05, 3.63) is 29.8 Å². The number of rotatable bonds is 3. The minimum atomic E-state index is -1.33. The Hall–Kier alpha value is -0.630. The smallest absolute Gasteiger partial charge is 0.136 e. The van der Waals surface area contributed by atoms with Gasteiger partial charge in [0.05, 0.1) is 6.61 Å². The first kappa shape index (κ1) is 14.8. The maximum atomic E-state index is 9.90. The Morgan fingerprint density at radius 1 is 1.05 bits per heavy atom. The third kappa shape index (κ3) is 3.28. The lowest BCUT2D eigenvalue weighted by Crippen LogP contribution is -2.57. The summed E-state index contributed by atoms with van der Waals surface area (Å²) in [6, 6.07) is 7.65. The number of ether oxygens (including phenoxy) is 1. The Morgan fingerprint density at radius 2 is 1.68 bits per heavy atom. The average Bonchev–Trinajstić information content (AvgIpc) is 2.42. The van der Waals surface area contributed by atoms with Crippen LogP contribution in [0.5, 0.6) is 0 Å². The molecule has 0 radical (unpaired) electrons. The summed E-state index contributed by atoms with van der Waals surface area (Å²) in [5.74, 6) is 0. The van der Waals surface area contributed by atoms with Crippen LogP contribution >= 0.6 is 11.8 Å². The van der Waals surface area contributed by atoms with Crippen molar-refractivity contribution in [1.82, 2.24) is 0 Å². The van der Waals surface area contributed by atoms with Crippen LogP contribution in [0.4, 0.5) is 0 Å². The second-order valence-electron chi connectivity index (χ2n) is 4.63. The summed E-state index contributed by atoms with van der Waals surface area (Å²) < 4.78 is 5.42. The Labute approximate surface area is 115 Å². The van der Waals surface area contributed by atoms with E-state index in [1.165, 1.54) is 11.8 Å². The number of hydrogen-bond acceptors (Lipinski definition) is 6. The van der Waals surface area contributed by atoms with Crippen molar-refractivity contribution in [2.75, 3.05) is 6.61 Å². The van der Waals surface area contributed by atoms with Gasteiger partial charge in [0.25, 0.3) is 0 Å². The van der Waals surface area contributed by atoms with Crippen LogP contribution in [-0.2, 0) is 4.74 Å². The molecule has 2 unspecified atom stereocenters. The molecular weight excluding hydrogens is 268 g/mol. The highest BCUT2D eigenvalue weighted by molar-refractivity contribution is 7.99. The first-order valence-electron chi connectivity index (χ1n) is 6.07. The van der Waals surface area contributed by atoms with Crippen molar-refractivity contribution < 1.29 is 25.2 Å². The monoisotopic (exact) mass is 286 g/mol. The van der Waals surface area contributed by atoms with Crippen molar-refractivity contribution in [3.8, 4) is 0 Å². The highest BCUT2D eigenvalue weighted by Gasteiger charge is 2.43. The van der Waals surface area contributed by atoms with E-state index in [-0.39, 0.29) is 0 Å². The quantitative estimate of drug-likeness (QED) is 0.620. The van der Waals surface area contributed by atoms with E-state index in [0.717, 1.165) is 10.5 Å². The third-order valence-electron chi connectivity index (χ3n) is 3.12. The molecule has 1 saturated heterocycles. The second kappa shape index (κ2) is 6.21. The Morgan fingerprint density at radius 3 is 2.26 bits per heavy atom. The summed E-state index contributed by atoms with van der Waals surface area (Å²) >= 11 is 1.25. The molecule has 0 aromatic heterocycles. The van der Waals surface area contributed by atoms with Crippen molar-refractivity contribution in [3.63, 3.8) is 0 Å². The molecule has 0 saturated carbocycles. The van der Waals surface area contributed by atoms with Gasteiger partial charge >= 0.3 is 0 Å². The minimum Gasteiger partial charge on any atom is -0.394 e. The summed E-state index contributed by atoms with van der Waals surface area (Å²) in [5, 5.41) is 38.4. The van der Waals surface area contributed by atoms with Gasteiger partial charge in [0.15, 0.2) is 0 Å². The van der Waals surface area contributed by atoms with Crippen molar-refractivity contribution in [1.29, 1.82) is 0 Å². The molecule has 2 rings (SSSR count). The first-order chi connectivity index (χ1) is 9.02. The number of hydrogen-bond donors (Lipinski definition) is 4. The SMILES string of the molecule is Cc1ccc(S[C@@H]2OC(CO)[C@H](O)C(O)[C@@H]2O)cc1. The molecule has 0 aliphatic carbocycles. The van der Waals surface area contributed by atoms with Crippen molar-refractivity contribution >= 4 is 11.8 Å². The molecule has 1 aromatic rings. The van der Waals surface area contributed by atoms with Gasteiger partial charge in [-0.3, -0.25) is 0 Å². The molecule has 5 atom stereocenters. The van der Waals surface area contributed by atoms with Crippen LogP contribution in [0.25, 0.3) is 0 Å². The first-order valence-corrected chi connectivity index (χ1v) is 6.94. The summed E-state index contributed by atoms with van der Waals surface area (Å²) in [7, 11) is 0. The standard InChI is InChI=1S/C13H18O5S/c1-7-2-4-8(5-3-7)19-13-12(17)11(16)10(15)9(6-14)18-13/h2-5,9-17H,6H2,1H3/t9?,10-,11?,12-,13-/m0/s1. The molecule has 1 aromatic carbocycles. The molecule has 106 valence electrons. The maximum absolute atomic E-state index is 9.90. The third-order valence-corrected chi connectivity index (χ3v) is 4.29. The second-order valence-corrected chi connectivity index (χ2v) is 5.80. The summed E-state index contributed by atoms with van der Waals surface area (Å²) in [5.41, 5.74) is 0.399. The fourth-order valence-electron chi connectivity index (χ4n) is 1.92. The maximum Gasteiger partial charge on any atom is 0.136 e. The lowest BCUT2D eigenvalue weighted by atomic mass is 10.0. The number of aryl methyl sites for hydroxylation is 1. The number of aliphatic hydroxyl groups excluding tert-OH is 4. The summed E-state index contributed by atoms with van der Waals surface area (Å²) in [6.45, 7) is 1.57. The molecule has 0 spiro atoms. The van der Waals surface area contributed by atoms with Crippen LogP contribution in [0.15, 0.2) is 29.2 Å². The lowest BCUT2D eigenvalue weighted by Gasteiger charge is -2.39. The number of benzene rings is 1. The zero-order valence-corrected chi connectivity index (χ0v) is 11.3. The van der Waals surface area contributed by atoms with Crippen LogP contribution in [0, 0.1) is 6.92 Å². The predicted octanol–water partition coefficient (Wildman–Crippen LogP) is -0.113. The van der Waals surface area contributed by atoms with E-state index in [9.17, 15) is 15.3 Å². The molecule has 0 bridgehead atoms. The van der Waals surface area contributed by atoms with Crippen molar-refractivity contribution in [2.24, 2.45) is 0 Å². The molecule has 6 heteroatoms. The Kier molecular flexibility index (Phi) is 4.83. The van der Waals surface area contributed by atoms with Gasteiger partial charge in [-0.25, -0.2) is 0 Å². The molecule has 1 heterocycles. The molecule has 1 aliphatic heterocycles. The van der Waals surface area contributed by atoms with Gasteiger partial charge in [0.1, 0.15) is 29.9 Å². The van der Waals surface area contributed by atoms with Gasteiger partial charge in [0, 0.05) is 4.90 Å². The number of thioether (sulfide) groups is 1. The molecule has 19 heavy (non-hydrogen) atoms. The van der Waals surface area contributed by atoms with Crippen LogP contribution in [0.3, 0.4) is 0 Å². The van der Waals surface area contributed by atoms with Crippen LogP contribution < -0.4 is 0 Å². The highest BCUT2D eigenvalue weighted by atomic mass is 32.2. The van der Waals surface area contributed by atoms with Gasteiger partial charge in [0.2, 0.25) is 0 Å². The van der Waals surface area contributed by atoms with Crippen LogP contribution in [0.2, 0.25) is 0 Å². The fourth-order valence-corrected chi connectivity index (χ4v) is 2.98. The normalized spacial score (nSPS) is 35.3. The van der Waals surface area contributed by atoms with E-state index >= 15 is 0 Å².